The SMILES string of the molecule is Cn1cc(CN[C@@H]2CCc3ncnn3C2)c(-c2ccncc2)n1. The fourth-order valence-corrected chi connectivity index (χ4v) is 3.08. The molecule has 0 amide bonds. The van der Waals surface area contributed by atoms with Gasteiger partial charge in [-0.15, -0.1) is 0 Å². The summed E-state index contributed by atoms with van der Waals surface area (Å²) in [6.07, 6.45) is 9.38. The molecule has 0 aliphatic carbocycles. The van der Waals surface area contributed by atoms with Gasteiger partial charge in [-0.25, -0.2) is 9.67 Å². The van der Waals surface area contributed by atoms with Gasteiger partial charge in [0.05, 0.1) is 12.2 Å². The summed E-state index contributed by atoms with van der Waals surface area (Å²) < 4.78 is 3.86. The number of aromatic nitrogens is 6. The maximum Gasteiger partial charge on any atom is 0.138 e. The molecule has 4 rings (SSSR count). The largest absolute Gasteiger partial charge is 0.308 e. The molecular weight excluding hydrogens is 290 g/mol. The Labute approximate surface area is 134 Å². The second-order valence-corrected chi connectivity index (χ2v) is 5.89. The predicted octanol–water partition coefficient (Wildman–Crippen LogP) is 1.18. The third-order valence-corrected chi connectivity index (χ3v) is 4.24. The Bertz CT molecular complexity index is 790. The molecule has 3 aromatic rings. The summed E-state index contributed by atoms with van der Waals surface area (Å²) in [6, 6.07) is 4.40. The van der Waals surface area contributed by atoms with Crippen molar-refractivity contribution in [1.82, 2.24) is 34.8 Å². The fraction of sp³-hybridized carbons (Fsp3) is 0.375. The van der Waals surface area contributed by atoms with E-state index in [4.69, 9.17) is 0 Å². The lowest BCUT2D eigenvalue weighted by Gasteiger charge is -2.23. The average Bonchev–Trinajstić information content (AvgIpc) is 3.19. The van der Waals surface area contributed by atoms with E-state index in [1.54, 1.807) is 18.7 Å². The van der Waals surface area contributed by atoms with Crippen LogP contribution in [0.2, 0.25) is 0 Å². The molecule has 1 aliphatic heterocycles. The molecule has 4 heterocycles. The smallest absolute Gasteiger partial charge is 0.138 e. The maximum atomic E-state index is 4.59. The van der Waals surface area contributed by atoms with Gasteiger partial charge in [-0.3, -0.25) is 9.67 Å². The minimum Gasteiger partial charge on any atom is -0.308 e. The van der Waals surface area contributed by atoms with E-state index in [1.807, 2.05) is 28.5 Å². The molecule has 0 unspecified atom stereocenters. The van der Waals surface area contributed by atoms with Crippen LogP contribution in [-0.4, -0.2) is 35.6 Å². The van der Waals surface area contributed by atoms with Crippen LogP contribution in [0.25, 0.3) is 11.3 Å². The van der Waals surface area contributed by atoms with Crippen LogP contribution >= 0.6 is 0 Å². The number of nitrogens with zero attached hydrogens (tertiary/aromatic N) is 6. The number of rotatable bonds is 4. The van der Waals surface area contributed by atoms with Crippen molar-refractivity contribution in [1.29, 1.82) is 0 Å². The van der Waals surface area contributed by atoms with Crippen LogP contribution in [0.4, 0.5) is 0 Å². The van der Waals surface area contributed by atoms with Crippen LogP contribution < -0.4 is 5.32 Å². The summed E-state index contributed by atoms with van der Waals surface area (Å²) in [6.45, 7) is 1.67. The molecule has 23 heavy (non-hydrogen) atoms. The second kappa shape index (κ2) is 5.92. The number of nitrogens with one attached hydrogen (secondary N) is 1. The van der Waals surface area contributed by atoms with E-state index in [2.05, 4.69) is 31.7 Å². The van der Waals surface area contributed by atoms with Crippen molar-refractivity contribution < 1.29 is 0 Å². The van der Waals surface area contributed by atoms with Crippen molar-refractivity contribution in [2.45, 2.75) is 32.0 Å². The fourth-order valence-electron chi connectivity index (χ4n) is 3.08. The van der Waals surface area contributed by atoms with Gasteiger partial charge in [0, 0.05) is 55.8 Å². The van der Waals surface area contributed by atoms with Gasteiger partial charge in [0.15, 0.2) is 0 Å². The standard InChI is InChI=1S/C16H19N7/c1-22-9-13(16(21-22)12-4-6-17-7-5-12)8-18-14-2-3-15-19-11-20-23(15)10-14/h4-7,9,11,14,18H,2-3,8,10H2,1H3/t14-/m1/s1. The molecule has 7 heteroatoms. The molecule has 0 saturated heterocycles. The van der Waals surface area contributed by atoms with Crippen molar-refractivity contribution in [3.63, 3.8) is 0 Å². The molecule has 1 atom stereocenters. The third kappa shape index (κ3) is 2.87. The van der Waals surface area contributed by atoms with Gasteiger partial charge in [0.2, 0.25) is 0 Å². The third-order valence-electron chi connectivity index (χ3n) is 4.24. The monoisotopic (exact) mass is 309 g/mol. The molecule has 0 spiro atoms. The van der Waals surface area contributed by atoms with Crippen LogP contribution in [0.5, 0.6) is 0 Å². The number of pyridine rings is 1. The lowest BCUT2D eigenvalue weighted by atomic mass is 10.1. The first-order valence-electron chi connectivity index (χ1n) is 7.82. The first-order valence-corrected chi connectivity index (χ1v) is 7.82. The molecule has 0 fully saturated rings. The highest BCUT2D eigenvalue weighted by Crippen LogP contribution is 2.21. The van der Waals surface area contributed by atoms with E-state index in [1.165, 1.54) is 5.56 Å². The van der Waals surface area contributed by atoms with Gasteiger partial charge >= 0.3 is 0 Å². The van der Waals surface area contributed by atoms with E-state index in [0.717, 1.165) is 43.0 Å². The Balaban J connectivity index is 1.48. The maximum absolute atomic E-state index is 4.59. The first-order chi connectivity index (χ1) is 11.3. The molecule has 7 nitrogen and oxygen atoms in total. The molecule has 1 N–H and O–H groups in total. The molecule has 1 aliphatic rings. The zero-order chi connectivity index (χ0) is 15.6. The highest BCUT2D eigenvalue weighted by molar-refractivity contribution is 5.61. The Morgan fingerprint density at radius 2 is 2.17 bits per heavy atom. The van der Waals surface area contributed by atoms with Crippen molar-refractivity contribution in [3.05, 3.63) is 48.4 Å². The Hall–Kier alpha value is -2.54. The Kier molecular flexibility index (Phi) is 3.63. The van der Waals surface area contributed by atoms with Gasteiger partial charge in [0.1, 0.15) is 12.2 Å². The molecule has 0 aromatic carbocycles. The van der Waals surface area contributed by atoms with Crippen LogP contribution in [-0.2, 0) is 26.6 Å². The van der Waals surface area contributed by atoms with E-state index in [0.29, 0.717) is 6.04 Å². The summed E-state index contributed by atoms with van der Waals surface area (Å²) in [7, 11) is 1.95. The van der Waals surface area contributed by atoms with Gasteiger partial charge in [-0.05, 0) is 18.6 Å². The van der Waals surface area contributed by atoms with Crippen LogP contribution in [0.3, 0.4) is 0 Å². The van der Waals surface area contributed by atoms with Crippen LogP contribution in [0.1, 0.15) is 17.8 Å². The van der Waals surface area contributed by atoms with E-state index < -0.39 is 0 Å². The molecular formula is C16H19N7. The average molecular weight is 309 g/mol. The normalized spacial score (nSPS) is 17.2. The quantitative estimate of drug-likeness (QED) is 0.783. The molecule has 0 saturated carbocycles. The number of hydrogen-bond donors (Lipinski definition) is 1. The molecule has 3 aromatic heterocycles. The molecule has 0 radical (unpaired) electrons. The highest BCUT2D eigenvalue weighted by atomic mass is 15.3. The topological polar surface area (TPSA) is 73.5 Å². The van der Waals surface area contributed by atoms with Gasteiger partial charge in [0.25, 0.3) is 0 Å². The minimum atomic E-state index is 0.412. The van der Waals surface area contributed by atoms with Crippen LogP contribution in [0.15, 0.2) is 37.1 Å². The minimum absolute atomic E-state index is 0.412. The summed E-state index contributed by atoms with van der Waals surface area (Å²) in [5, 5.41) is 12.5. The number of fused-ring (bicyclic) bond motifs is 1. The van der Waals surface area contributed by atoms with Gasteiger partial charge in [-0.2, -0.15) is 10.2 Å². The number of hydrogen-bond acceptors (Lipinski definition) is 5. The summed E-state index contributed by atoms with van der Waals surface area (Å²) in [5.41, 5.74) is 3.31. The molecule has 0 bridgehead atoms. The lowest BCUT2D eigenvalue weighted by molar-refractivity contribution is 0.358. The zero-order valence-electron chi connectivity index (χ0n) is 13.1. The molecule has 118 valence electrons. The summed E-state index contributed by atoms with van der Waals surface area (Å²) in [5.74, 6) is 1.09. The zero-order valence-corrected chi connectivity index (χ0v) is 13.1. The summed E-state index contributed by atoms with van der Waals surface area (Å²) >= 11 is 0. The van der Waals surface area contributed by atoms with Crippen molar-refractivity contribution >= 4 is 0 Å². The number of aryl methyl sites for hydroxylation is 2. The van der Waals surface area contributed by atoms with E-state index in [-0.39, 0.29) is 0 Å². The van der Waals surface area contributed by atoms with Crippen LogP contribution in [0, 0.1) is 0 Å². The van der Waals surface area contributed by atoms with Gasteiger partial charge in [-0.1, -0.05) is 0 Å². The first kappa shape index (κ1) is 14.1. The van der Waals surface area contributed by atoms with E-state index in [9.17, 15) is 0 Å². The Morgan fingerprint density at radius 1 is 1.30 bits per heavy atom. The second-order valence-electron chi connectivity index (χ2n) is 5.89. The van der Waals surface area contributed by atoms with Crippen molar-refractivity contribution in [3.8, 4) is 11.3 Å². The van der Waals surface area contributed by atoms with Crippen molar-refractivity contribution in [2.24, 2.45) is 7.05 Å². The predicted molar refractivity (Wildman–Crippen MR) is 85.4 cm³/mol. The summed E-state index contributed by atoms with van der Waals surface area (Å²) in [4.78, 5) is 8.35. The highest BCUT2D eigenvalue weighted by Gasteiger charge is 2.20. The Morgan fingerprint density at radius 3 is 3.04 bits per heavy atom. The lowest BCUT2D eigenvalue weighted by Crippen LogP contribution is -2.37. The van der Waals surface area contributed by atoms with E-state index >= 15 is 0 Å². The van der Waals surface area contributed by atoms with Crippen molar-refractivity contribution in [2.75, 3.05) is 0 Å². The van der Waals surface area contributed by atoms with Gasteiger partial charge < -0.3 is 5.32 Å².